The molecule has 1 heterocycles. The van der Waals surface area contributed by atoms with E-state index in [-0.39, 0.29) is 0 Å². The molecule has 0 spiro atoms. The highest BCUT2D eigenvalue weighted by Gasteiger charge is 2.09. The molecule has 0 amide bonds. The number of benzene rings is 3. The molecule has 0 aliphatic rings. The topological polar surface area (TPSA) is 22.1 Å². The van der Waals surface area contributed by atoms with Gasteiger partial charge in [-0.05, 0) is 54.3 Å². The third kappa shape index (κ3) is 4.02. The molecule has 27 heavy (non-hydrogen) atoms. The van der Waals surface area contributed by atoms with E-state index in [1.807, 2.05) is 19.1 Å². The summed E-state index contributed by atoms with van der Waals surface area (Å²) in [5.41, 5.74) is 6.32. The number of fused-ring (bicyclic) bond motifs is 1. The van der Waals surface area contributed by atoms with Crippen molar-refractivity contribution in [2.24, 2.45) is 0 Å². The van der Waals surface area contributed by atoms with Crippen molar-refractivity contribution in [3.63, 3.8) is 0 Å². The van der Waals surface area contributed by atoms with Crippen molar-refractivity contribution >= 4 is 33.3 Å². The smallest absolute Gasteiger partial charge is 0.151 e. The molecule has 4 rings (SSSR count). The summed E-state index contributed by atoms with van der Waals surface area (Å²) >= 11 is 3.54. The van der Waals surface area contributed by atoms with Crippen LogP contribution in [0.3, 0.4) is 0 Å². The van der Waals surface area contributed by atoms with Gasteiger partial charge >= 0.3 is 0 Å². The van der Waals surface area contributed by atoms with Crippen LogP contribution in [-0.2, 0) is 5.75 Å². The molecule has 0 aliphatic heterocycles. The third-order valence-corrected chi connectivity index (χ3v) is 6.74. The molecule has 2 nitrogen and oxygen atoms in total. The van der Waals surface area contributed by atoms with Crippen molar-refractivity contribution in [2.45, 2.75) is 23.9 Å². The molecule has 4 heteroatoms. The summed E-state index contributed by atoms with van der Waals surface area (Å²) in [7, 11) is 0. The van der Waals surface area contributed by atoms with Gasteiger partial charge in [0.25, 0.3) is 0 Å². The van der Waals surface area contributed by atoms with Crippen LogP contribution in [0.4, 0.5) is 0 Å². The minimum absolute atomic E-state index is 0.683. The van der Waals surface area contributed by atoms with Gasteiger partial charge in [-0.2, -0.15) is 0 Å². The van der Waals surface area contributed by atoms with Crippen LogP contribution in [0.25, 0.3) is 21.3 Å². The number of aromatic nitrogens is 1. The summed E-state index contributed by atoms with van der Waals surface area (Å²) in [5.74, 6) is 1.83. The van der Waals surface area contributed by atoms with E-state index in [1.165, 1.54) is 27.0 Å². The summed E-state index contributed by atoms with van der Waals surface area (Å²) in [5, 5.41) is 0. The number of thioether (sulfide) groups is 1. The highest BCUT2D eigenvalue weighted by molar-refractivity contribution is 8.00. The molecule has 0 aliphatic carbocycles. The molecule has 136 valence electrons. The lowest BCUT2D eigenvalue weighted by Gasteiger charge is -2.11. The van der Waals surface area contributed by atoms with Gasteiger partial charge in [-0.15, -0.1) is 11.3 Å². The van der Waals surface area contributed by atoms with Gasteiger partial charge in [-0.25, -0.2) is 4.98 Å². The zero-order valence-electron chi connectivity index (χ0n) is 15.4. The molecule has 0 unspecified atom stereocenters. The number of thiazole rings is 1. The second-order valence-corrected chi connectivity index (χ2v) is 8.54. The maximum Gasteiger partial charge on any atom is 0.151 e. The zero-order valence-corrected chi connectivity index (χ0v) is 17.1. The van der Waals surface area contributed by atoms with Crippen molar-refractivity contribution in [2.75, 3.05) is 6.61 Å². The van der Waals surface area contributed by atoms with Crippen LogP contribution >= 0.6 is 23.1 Å². The number of hydrogen-bond acceptors (Lipinski definition) is 4. The van der Waals surface area contributed by atoms with Gasteiger partial charge in [0.15, 0.2) is 4.34 Å². The van der Waals surface area contributed by atoms with Gasteiger partial charge < -0.3 is 4.74 Å². The van der Waals surface area contributed by atoms with Crippen LogP contribution in [0.1, 0.15) is 18.1 Å². The lowest BCUT2D eigenvalue weighted by Crippen LogP contribution is -1.90. The van der Waals surface area contributed by atoms with Crippen LogP contribution < -0.4 is 4.74 Å². The van der Waals surface area contributed by atoms with Crippen molar-refractivity contribution in [1.82, 2.24) is 4.98 Å². The van der Waals surface area contributed by atoms with E-state index in [2.05, 4.69) is 61.5 Å². The summed E-state index contributed by atoms with van der Waals surface area (Å²) < 4.78 is 7.87. The van der Waals surface area contributed by atoms with E-state index < -0.39 is 0 Å². The molecule has 3 aromatic carbocycles. The molecule has 0 radical (unpaired) electrons. The van der Waals surface area contributed by atoms with E-state index in [9.17, 15) is 0 Å². The Morgan fingerprint density at radius 2 is 1.85 bits per heavy atom. The molecule has 0 saturated heterocycles. The second kappa shape index (κ2) is 8.15. The molecule has 0 fully saturated rings. The van der Waals surface area contributed by atoms with Gasteiger partial charge in [0, 0.05) is 5.75 Å². The minimum atomic E-state index is 0.683. The highest BCUT2D eigenvalue weighted by atomic mass is 32.2. The van der Waals surface area contributed by atoms with Crippen LogP contribution in [0.5, 0.6) is 5.75 Å². The fourth-order valence-corrected chi connectivity index (χ4v) is 5.27. The molecule has 0 saturated carbocycles. The first kappa shape index (κ1) is 18.1. The average molecular weight is 392 g/mol. The normalized spacial score (nSPS) is 11.0. The number of nitrogens with zero attached hydrogens (tertiary/aromatic N) is 1. The monoisotopic (exact) mass is 391 g/mol. The zero-order chi connectivity index (χ0) is 18.6. The summed E-state index contributed by atoms with van der Waals surface area (Å²) in [6.45, 7) is 4.90. The summed E-state index contributed by atoms with van der Waals surface area (Å²) in [6.07, 6.45) is 0. The highest BCUT2D eigenvalue weighted by Crippen LogP contribution is 2.35. The van der Waals surface area contributed by atoms with Gasteiger partial charge in [-0.1, -0.05) is 60.3 Å². The van der Waals surface area contributed by atoms with E-state index in [0.29, 0.717) is 6.61 Å². The maximum atomic E-state index is 5.60. The predicted molar refractivity (Wildman–Crippen MR) is 117 cm³/mol. The standard InChI is InChI=1S/C23H21NOS2/c1-3-25-19-12-13-21-22(14-19)27-23(24-21)26-15-18-10-7-11-20(16(18)2)17-8-5-4-6-9-17/h4-14H,3,15H2,1-2H3. The molecule has 0 bridgehead atoms. The number of rotatable bonds is 6. The van der Waals surface area contributed by atoms with Gasteiger partial charge in [0.1, 0.15) is 5.75 Å². The Morgan fingerprint density at radius 1 is 1.00 bits per heavy atom. The van der Waals surface area contributed by atoms with Crippen LogP contribution in [-0.4, -0.2) is 11.6 Å². The van der Waals surface area contributed by atoms with E-state index in [4.69, 9.17) is 9.72 Å². The Labute approximate surface area is 168 Å². The molecular formula is C23H21NOS2. The van der Waals surface area contributed by atoms with E-state index in [0.717, 1.165) is 21.4 Å². The lowest BCUT2D eigenvalue weighted by molar-refractivity contribution is 0.341. The Morgan fingerprint density at radius 3 is 2.67 bits per heavy atom. The first-order valence-electron chi connectivity index (χ1n) is 9.04. The van der Waals surface area contributed by atoms with Gasteiger partial charge in [0.05, 0.1) is 16.8 Å². The van der Waals surface area contributed by atoms with Crippen LogP contribution in [0, 0.1) is 6.92 Å². The summed E-state index contributed by atoms with van der Waals surface area (Å²) in [6, 6.07) is 23.3. The number of hydrogen-bond donors (Lipinski definition) is 0. The fraction of sp³-hybridized carbons (Fsp3) is 0.174. The Bertz CT molecular complexity index is 1060. The minimum Gasteiger partial charge on any atom is -0.494 e. The van der Waals surface area contributed by atoms with E-state index >= 15 is 0 Å². The first-order chi connectivity index (χ1) is 13.2. The van der Waals surface area contributed by atoms with Crippen molar-refractivity contribution in [3.05, 3.63) is 77.9 Å². The Hall–Kier alpha value is -2.30. The second-order valence-electron chi connectivity index (χ2n) is 6.29. The van der Waals surface area contributed by atoms with Gasteiger partial charge in [-0.3, -0.25) is 0 Å². The quantitative estimate of drug-likeness (QED) is 0.332. The van der Waals surface area contributed by atoms with Crippen molar-refractivity contribution in [3.8, 4) is 16.9 Å². The molecule has 0 atom stereocenters. The predicted octanol–water partition coefficient (Wildman–Crippen LogP) is 6.96. The van der Waals surface area contributed by atoms with Crippen molar-refractivity contribution in [1.29, 1.82) is 0 Å². The van der Waals surface area contributed by atoms with Crippen LogP contribution in [0.2, 0.25) is 0 Å². The fourth-order valence-electron chi connectivity index (χ4n) is 3.11. The molecule has 0 N–H and O–H groups in total. The largest absolute Gasteiger partial charge is 0.494 e. The average Bonchev–Trinajstić information content (AvgIpc) is 3.10. The van der Waals surface area contributed by atoms with E-state index in [1.54, 1.807) is 23.1 Å². The maximum absolute atomic E-state index is 5.60. The molecule has 1 aromatic heterocycles. The third-order valence-electron chi connectivity index (χ3n) is 4.53. The number of ether oxygens (including phenoxy) is 1. The Balaban J connectivity index is 1.54. The molecule has 4 aromatic rings. The SMILES string of the molecule is CCOc1ccc2nc(SCc3cccc(-c4ccccc4)c3C)sc2c1. The Kier molecular flexibility index (Phi) is 5.46. The first-order valence-corrected chi connectivity index (χ1v) is 10.8. The van der Waals surface area contributed by atoms with Crippen molar-refractivity contribution < 1.29 is 4.74 Å². The van der Waals surface area contributed by atoms with Gasteiger partial charge in [0.2, 0.25) is 0 Å². The molecular weight excluding hydrogens is 370 g/mol. The van der Waals surface area contributed by atoms with Crippen LogP contribution in [0.15, 0.2) is 71.1 Å². The summed E-state index contributed by atoms with van der Waals surface area (Å²) in [4.78, 5) is 4.77. The lowest BCUT2D eigenvalue weighted by atomic mass is 9.97.